The number of nitrogens with one attached hydrogen (secondary N) is 1. The average Bonchev–Trinajstić information content (AvgIpc) is 2.88. The molecule has 2 heterocycles. The summed E-state index contributed by atoms with van der Waals surface area (Å²) in [6, 6.07) is 6.13. The van der Waals surface area contributed by atoms with Crippen LogP contribution in [0.15, 0.2) is 29.2 Å². The first-order valence-corrected chi connectivity index (χ1v) is 8.76. The predicted molar refractivity (Wildman–Crippen MR) is 87.1 cm³/mol. The van der Waals surface area contributed by atoms with Crippen LogP contribution in [0.1, 0.15) is 25.2 Å². The van der Waals surface area contributed by atoms with Crippen LogP contribution in [0, 0.1) is 5.82 Å². The molecule has 1 aromatic heterocycles. The third-order valence-corrected chi connectivity index (χ3v) is 4.69. The molecule has 1 atom stereocenters. The Morgan fingerprint density at radius 1 is 1.36 bits per heavy atom. The summed E-state index contributed by atoms with van der Waals surface area (Å²) < 4.78 is 25.1. The van der Waals surface area contributed by atoms with Crippen molar-refractivity contribution in [3.05, 3.63) is 46.8 Å². The number of aromatic nitrogens is 2. The zero-order chi connectivity index (χ0) is 16.1. The Morgan fingerprint density at radius 3 is 2.86 bits per heavy atom. The molecule has 0 bridgehead atoms. The summed E-state index contributed by atoms with van der Waals surface area (Å²) >= 11 is 5.87. The third kappa shape index (κ3) is 3.81. The molecule has 0 spiro atoms. The first kappa shape index (κ1) is 16.8. The first-order valence-electron chi connectivity index (χ1n) is 7.06. The van der Waals surface area contributed by atoms with E-state index in [0.29, 0.717) is 35.0 Å². The molecule has 0 aliphatic carbocycles. The van der Waals surface area contributed by atoms with Crippen molar-refractivity contribution in [1.82, 2.24) is 9.97 Å². The summed E-state index contributed by atoms with van der Waals surface area (Å²) in [5.41, 5.74) is 2.00. The van der Waals surface area contributed by atoms with Gasteiger partial charge in [-0.25, -0.2) is 14.4 Å². The monoisotopic (exact) mass is 341 g/mol. The first-order chi connectivity index (χ1) is 10.6. The Bertz CT molecular complexity index is 696. The van der Waals surface area contributed by atoms with Crippen LogP contribution in [0.4, 0.5) is 10.1 Å². The second-order valence-electron chi connectivity index (χ2n) is 4.38. The minimum Gasteiger partial charge on any atom is -0.379 e. The highest BCUT2D eigenvalue weighted by atomic mass is 35.5. The molecule has 1 unspecified atom stereocenters. The molecule has 1 aliphatic rings. The lowest BCUT2D eigenvalue weighted by atomic mass is 10.2. The van der Waals surface area contributed by atoms with Crippen molar-refractivity contribution < 1.29 is 8.60 Å². The van der Waals surface area contributed by atoms with Gasteiger partial charge in [-0.3, -0.25) is 4.21 Å². The number of halogens is 2. The molecule has 4 nitrogen and oxygen atoms in total. The Morgan fingerprint density at radius 2 is 2.14 bits per heavy atom. The number of anilines is 1. The number of hydrogen-bond acceptors (Lipinski definition) is 4. The smallest absolute Gasteiger partial charge is 0.222 e. The zero-order valence-corrected chi connectivity index (χ0v) is 14.0. The Kier molecular flexibility index (Phi) is 5.85. The normalized spacial score (nSPS) is 15.7. The molecule has 118 valence electrons. The van der Waals surface area contributed by atoms with E-state index in [4.69, 9.17) is 11.6 Å². The maximum absolute atomic E-state index is 13.1. The van der Waals surface area contributed by atoms with E-state index in [2.05, 4.69) is 15.3 Å². The van der Waals surface area contributed by atoms with Crippen molar-refractivity contribution in [2.75, 3.05) is 11.1 Å². The second-order valence-corrected chi connectivity index (χ2v) is 6.22. The fourth-order valence-electron chi connectivity index (χ4n) is 2.14. The molecule has 1 N–H and O–H groups in total. The fraction of sp³-hybridized carbons (Fsp3) is 0.333. The fourth-order valence-corrected chi connectivity index (χ4v) is 3.72. The van der Waals surface area contributed by atoms with Gasteiger partial charge in [0.15, 0.2) is 0 Å². The van der Waals surface area contributed by atoms with Crippen molar-refractivity contribution in [2.24, 2.45) is 0 Å². The number of aryl methyl sites for hydroxylation is 1. The number of hydrogen-bond donors (Lipinski definition) is 1. The lowest BCUT2D eigenvalue weighted by Crippen LogP contribution is -2.08. The van der Waals surface area contributed by atoms with E-state index < -0.39 is 10.8 Å². The lowest BCUT2D eigenvalue weighted by molar-refractivity contribution is 0.628. The van der Waals surface area contributed by atoms with Gasteiger partial charge in [-0.1, -0.05) is 19.9 Å². The average molecular weight is 342 g/mol. The number of nitrogens with zero attached hydrogens (tertiary/aromatic N) is 2. The van der Waals surface area contributed by atoms with Crippen LogP contribution >= 0.6 is 11.6 Å². The van der Waals surface area contributed by atoms with Crippen LogP contribution in [0.5, 0.6) is 0 Å². The quantitative estimate of drug-likeness (QED) is 0.867. The van der Waals surface area contributed by atoms with E-state index in [1.54, 1.807) is 12.1 Å². The second kappa shape index (κ2) is 7.65. The molecule has 3 rings (SSSR count). The Labute approximate surface area is 136 Å². The van der Waals surface area contributed by atoms with Gasteiger partial charge in [0.25, 0.3) is 0 Å². The highest BCUT2D eigenvalue weighted by molar-refractivity contribution is 7.85. The van der Waals surface area contributed by atoms with Crippen LogP contribution in [0.25, 0.3) is 0 Å². The molecule has 0 saturated heterocycles. The van der Waals surface area contributed by atoms with Gasteiger partial charge in [0.05, 0.1) is 33.6 Å². The van der Waals surface area contributed by atoms with Gasteiger partial charge in [0.1, 0.15) is 5.82 Å². The van der Waals surface area contributed by atoms with E-state index in [1.807, 2.05) is 13.8 Å². The summed E-state index contributed by atoms with van der Waals surface area (Å²) in [6.45, 7) is 4.33. The number of fused-ring (bicyclic) bond motifs is 1. The van der Waals surface area contributed by atoms with Crippen molar-refractivity contribution >= 4 is 28.1 Å². The molecule has 1 aliphatic heterocycles. The highest BCUT2D eigenvalue weighted by Gasteiger charge is 2.25. The van der Waals surface area contributed by atoms with Gasteiger partial charge in [0.2, 0.25) is 5.28 Å². The van der Waals surface area contributed by atoms with E-state index in [-0.39, 0.29) is 11.1 Å². The summed E-state index contributed by atoms with van der Waals surface area (Å²) in [4.78, 5) is 8.91. The Hall–Kier alpha value is -1.53. The topological polar surface area (TPSA) is 54.9 Å². The SMILES string of the molecule is CC.O=S1CCc2nc(Cl)nc(CNc3cccc(F)c3)c21. The number of rotatable bonds is 3. The standard InChI is InChI=1S/C13H11ClFN3OS.C2H6/c14-13-17-10-4-5-20(19)12(10)11(18-13)7-16-9-3-1-2-8(15)6-9;1-2/h1-3,6,16H,4-5,7H2;1-2H3. The van der Waals surface area contributed by atoms with Gasteiger partial charge in [-0.05, 0) is 29.8 Å². The van der Waals surface area contributed by atoms with E-state index in [0.717, 1.165) is 5.69 Å². The molecule has 0 saturated carbocycles. The van der Waals surface area contributed by atoms with Gasteiger partial charge < -0.3 is 5.32 Å². The maximum Gasteiger partial charge on any atom is 0.222 e. The summed E-state index contributed by atoms with van der Waals surface area (Å²) in [6.07, 6.45) is 0.650. The van der Waals surface area contributed by atoms with Gasteiger partial charge in [-0.2, -0.15) is 0 Å². The predicted octanol–water partition coefficient (Wildman–Crippen LogP) is 3.57. The molecule has 2 aromatic rings. The summed E-state index contributed by atoms with van der Waals surface area (Å²) in [5.74, 6) is 0.238. The van der Waals surface area contributed by atoms with Crippen molar-refractivity contribution in [3.63, 3.8) is 0 Å². The van der Waals surface area contributed by atoms with E-state index in [1.165, 1.54) is 12.1 Å². The summed E-state index contributed by atoms with van der Waals surface area (Å²) in [7, 11) is -1.08. The number of benzene rings is 1. The van der Waals surface area contributed by atoms with Gasteiger partial charge in [-0.15, -0.1) is 0 Å². The third-order valence-electron chi connectivity index (χ3n) is 3.02. The zero-order valence-electron chi connectivity index (χ0n) is 12.4. The van der Waals surface area contributed by atoms with E-state index >= 15 is 0 Å². The molecule has 0 amide bonds. The lowest BCUT2D eigenvalue weighted by Gasteiger charge is -2.09. The maximum atomic E-state index is 13.1. The van der Waals surface area contributed by atoms with Crippen molar-refractivity contribution in [1.29, 1.82) is 0 Å². The molecule has 7 heteroatoms. The molecular weight excluding hydrogens is 325 g/mol. The Balaban J connectivity index is 0.000000847. The van der Waals surface area contributed by atoms with Crippen LogP contribution in [-0.2, 0) is 23.8 Å². The van der Waals surface area contributed by atoms with Crippen molar-refractivity contribution in [2.45, 2.75) is 31.7 Å². The van der Waals surface area contributed by atoms with E-state index in [9.17, 15) is 8.60 Å². The van der Waals surface area contributed by atoms with Crippen LogP contribution in [0.3, 0.4) is 0 Å². The minimum absolute atomic E-state index is 0.152. The van der Waals surface area contributed by atoms with Crippen LogP contribution in [-0.4, -0.2) is 19.9 Å². The molecule has 0 radical (unpaired) electrons. The van der Waals surface area contributed by atoms with Gasteiger partial charge in [0, 0.05) is 17.9 Å². The van der Waals surface area contributed by atoms with Crippen molar-refractivity contribution in [3.8, 4) is 0 Å². The van der Waals surface area contributed by atoms with Gasteiger partial charge >= 0.3 is 0 Å². The van der Waals surface area contributed by atoms with Crippen LogP contribution in [0.2, 0.25) is 5.28 Å². The highest BCUT2D eigenvalue weighted by Crippen LogP contribution is 2.26. The summed E-state index contributed by atoms with van der Waals surface area (Å²) in [5, 5.41) is 3.21. The molecule has 1 aromatic carbocycles. The largest absolute Gasteiger partial charge is 0.379 e. The minimum atomic E-state index is -1.08. The molecule has 22 heavy (non-hydrogen) atoms. The van der Waals surface area contributed by atoms with Crippen LogP contribution < -0.4 is 5.32 Å². The molecule has 0 fully saturated rings. The molecular formula is C15H17ClFN3OS.